The molecule has 1 aromatic rings. The smallest absolute Gasteiger partial charge is 0.410 e. The molecule has 1 amide bonds. The molecule has 7 heteroatoms. The number of rotatable bonds is 3. The molecule has 0 aliphatic carbocycles. The van der Waals surface area contributed by atoms with Crippen molar-refractivity contribution in [1.29, 1.82) is 0 Å². The molecule has 1 aliphatic rings. The molecule has 0 unspecified atom stereocenters. The number of ether oxygens (including phenoxy) is 2. The Bertz CT molecular complexity index is 559. The minimum Gasteiger partial charge on any atom is -0.460 e. The van der Waals surface area contributed by atoms with Crippen molar-refractivity contribution in [2.24, 2.45) is 5.92 Å². The lowest BCUT2D eigenvalue weighted by molar-refractivity contribution is -0.151. The van der Waals surface area contributed by atoms with Crippen LogP contribution in [0.15, 0.2) is 12.1 Å². The number of nitrogens with zero attached hydrogens (tertiary/aromatic N) is 1. The van der Waals surface area contributed by atoms with Gasteiger partial charge in [-0.25, -0.2) is 4.79 Å². The van der Waals surface area contributed by atoms with E-state index < -0.39 is 5.60 Å². The van der Waals surface area contributed by atoms with Crippen LogP contribution >= 0.6 is 22.9 Å². The van der Waals surface area contributed by atoms with Crippen molar-refractivity contribution in [2.45, 2.75) is 45.8 Å². The Balaban J connectivity index is 1.75. The number of halogens is 1. The molecule has 2 heterocycles. The maximum atomic E-state index is 12.1. The zero-order valence-electron chi connectivity index (χ0n) is 13.6. The number of esters is 1. The van der Waals surface area contributed by atoms with E-state index >= 15 is 0 Å². The second-order valence-electron chi connectivity index (χ2n) is 6.56. The van der Waals surface area contributed by atoms with Crippen molar-refractivity contribution < 1.29 is 19.1 Å². The third-order valence-corrected chi connectivity index (χ3v) is 4.67. The predicted molar refractivity (Wildman–Crippen MR) is 89.7 cm³/mol. The molecular formula is C16H22ClNO4S. The molecular weight excluding hydrogens is 338 g/mol. The molecule has 23 heavy (non-hydrogen) atoms. The maximum absolute atomic E-state index is 12.1. The first-order chi connectivity index (χ1) is 10.7. The maximum Gasteiger partial charge on any atom is 0.410 e. The lowest BCUT2D eigenvalue weighted by Crippen LogP contribution is -2.43. The van der Waals surface area contributed by atoms with Gasteiger partial charge in [0.05, 0.1) is 10.3 Å². The highest BCUT2D eigenvalue weighted by Crippen LogP contribution is 2.24. The van der Waals surface area contributed by atoms with Crippen LogP contribution in [-0.2, 0) is 20.9 Å². The topological polar surface area (TPSA) is 55.8 Å². The fourth-order valence-corrected chi connectivity index (χ4v) is 3.31. The number of amides is 1. The molecule has 0 aromatic carbocycles. The molecule has 0 N–H and O–H groups in total. The fourth-order valence-electron chi connectivity index (χ4n) is 2.31. The molecule has 0 bridgehead atoms. The van der Waals surface area contributed by atoms with Crippen LogP contribution < -0.4 is 0 Å². The summed E-state index contributed by atoms with van der Waals surface area (Å²) in [6, 6.07) is 3.64. The summed E-state index contributed by atoms with van der Waals surface area (Å²) in [7, 11) is 0. The van der Waals surface area contributed by atoms with Gasteiger partial charge >= 0.3 is 12.1 Å². The van der Waals surface area contributed by atoms with Gasteiger partial charge < -0.3 is 14.4 Å². The van der Waals surface area contributed by atoms with Gasteiger partial charge in [0.25, 0.3) is 0 Å². The summed E-state index contributed by atoms with van der Waals surface area (Å²) in [6.07, 6.45) is 0.879. The molecule has 128 valence electrons. The highest BCUT2D eigenvalue weighted by molar-refractivity contribution is 7.16. The number of hydrogen-bond acceptors (Lipinski definition) is 5. The molecule has 0 atom stereocenters. The van der Waals surface area contributed by atoms with Gasteiger partial charge in [-0.1, -0.05) is 11.6 Å². The zero-order valence-corrected chi connectivity index (χ0v) is 15.2. The lowest BCUT2D eigenvalue weighted by atomic mass is 9.97. The third-order valence-electron chi connectivity index (χ3n) is 3.47. The van der Waals surface area contributed by atoms with E-state index in [9.17, 15) is 9.59 Å². The Morgan fingerprint density at radius 2 is 1.96 bits per heavy atom. The standard InChI is InChI=1S/C16H22ClNO4S/c1-16(2,3)22-15(20)18-8-6-11(7-9-18)14(19)21-10-12-4-5-13(17)23-12/h4-5,11H,6-10H2,1-3H3. The van der Waals surface area contributed by atoms with Crippen LogP contribution in [0, 0.1) is 5.92 Å². The van der Waals surface area contributed by atoms with Crippen molar-refractivity contribution >= 4 is 35.0 Å². The summed E-state index contributed by atoms with van der Waals surface area (Å²) < 4.78 is 11.4. The van der Waals surface area contributed by atoms with E-state index in [0.717, 1.165) is 4.88 Å². The molecule has 1 aliphatic heterocycles. The average molecular weight is 360 g/mol. The molecule has 1 aromatic heterocycles. The van der Waals surface area contributed by atoms with Crippen molar-refractivity contribution in [3.8, 4) is 0 Å². The van der Waals surface area contributed by atoms with Crippen LogP contribution in [-0.4, -0.2) is 35.7 Å². The second kappa shape index (κ2) is 7.53. The normalized spacial score (nSPS) is 16.3. The first-order valence-corrected chi connectivity index (χ1v) is 8.83. The molecule has 1 saturated heterocycles. The van der Waals surface area contributed by atoms with Gasteiger partial charge in [-0.3, -0.25) is 4.79 Å². The number of piperidine rings is 1. The highest BCUT2D eigenvalue weighted by Gasteiger charge is 2.30. The van der Waals surface area contributed by atoms with E-state index in [-0.39, 0.29) is 24.6 Å². The lowest BCUT2D eigenvalue weighted by Gasteiger charge is -2.32. The zero-order chi connectivity index (χ0) is 17.0. The Morgan fingerprint density at radius 1 is 1.30 bits per heavy atom. The fraction of sp³-hybridized carbons (Fsp3) is 0.625. The first-order valence-electron chi connectivity index (χ1n) is 7.63. The Hall–Kier alpha value is -1.27. The van der Waals surface area contributed by atoms with E-state index in [1.807, 2.05) is 26.8 Å². The van der Waals surface area contributed by atoms with E-state index in [2.05, 4.69) is 0 Å². The summed E-state index contributed by atoms with van der Waals surface area (Å²) in [4.78, 5) is 26.7. The van der Waals surface area contributed by atoms with E-state index in [0.29, 0.717) is 30.3 Å². The molecule has 5 nitrogen and oxygen atoms in total. The highest BCUT2D eigenvalue weighted by atomic mass is 35.5. The van der Waals surface area contributed by atoms with E-state index in [4.69, 9.17) is 21.1 Å². The van der Waals surface area contributed by atoms with E-state index in [1.54, 1.807) is 11.0 Å². The number of carbonyl (C=O) groups excluding carboxylic acids is 2. The van der Waals surface area contributed by atoms with Crippen LogP contribution in [0.5, 0.6) is 0 Å². The summed E-state index contributed by atoms with van der Waals surface area (Å²) in [5.74, 6) is -0.373. The minimum absolute atomic E-state index is 0.163. The van der Waals surface area contributed by atoms with Crippen molar-refractivity contribution in [3.63, 3.8) is 0 Å². The summed E-state index contributed by atoms with van der Waals surface area (Å²) in [6.45, 7) is 6.80. The summed E-state index contributed by atoms with van der Waals surface area (Å²) >= 11 is 7.25. The summed E-state index contributed by atoms with van der Waals surface area (Å²) in [5, 5.41) is 0. The second-order valence-corrected chi connectivity index (χ2v) is 8.35. The van der Waals surface area contributed by atoms with Crippen LogP contribution in [0.25, 0.3) is 0 Å². The van der Waals surface area contributed by atoms with Gasteiger partial charge in [0.15, 0.2) is 0 Å². The van der Waals surface area contributed by atoms with Gasteiger partial charge in [-0.05, 0) is 45.7 Å². The van der Waals surface area contributed by atoms with Gasteiger partial charge in [0.1, 0.15) is 12.2 Å². The van der Waals surface area contributed by atoms with E-state index in [1.165, 1.54) is 11.3 Å². The largest absolute Gasteiger partial charge is 0.460 e. The average Bonchev–Trinajstić information content (AvgIpc) is 2.89. The molecule has 0 saturated carbocycles. The van der Waals surface area contributed by atoms with Crippen molar-refractivity contribution in [2.75, 3.05) is 13.1 Å². The van der Waals surface area contributed by atoms with Gasteiger partial charge in [-0.2, -0.15) is 0 Å². The van der Waals surface area contributed by atoms with Crippen LogP contribution in [0.3, 0.4) is 0 Å². The monoisotopic (exact) mass is 359 g/mol. The SMILES string of the molecule is CC(C)(C)OC(=O)N1CCC(C(=O)OCc2ccc(Cl)s2)CC1. The van der Waals surface area contributed by atoms with Crippen molar-refractivity contribution in [3.05, 3.63) is 21.3 Å². The van der Waals surface area contributed by atoms with Gasteiger partial charge in [0, 0.05) is 18.0 Å². The van der Waals surface area contributed by atoms with Gasteiger partial charge in [-0.15, -0.1) is 11.3 Å². The Morgan fingerprint density at radius 3 is 2.48 bits per heavy atom. The van der Waals surface area contributed by atoms with Crippen LogP contribution in [0.1, 0.15) is 38.5 Å². The third kappa shape index (κ3) is 5.70. The molecule has 1 fully saturated rings. The number of likely N-dealkylation sites (tertiary alicyclic amines) is 1. The molecule has 0 radical (unpaired) electrons. The minimum atomic E-state index is -0.505. The summed E-state index contributed by atoms with van der Waals surface area (Å²) in [5.41, 5.74) is -0.505. The number of carbonyl (C=O) groups is 2. The molecule has 2 rings (SSSR count). The first kappa shape index (κ1) is 18.1. The Kier molecular flexibility index (Phi) is 5.92. The number of hydrogen-bond donors (Lipinski definition) is 0. The predicted octanol–water partition coefficient (Wildman–Crippen LogP) is 4.09. The van der Waals surface area contributed by atoms with Gasteiger partial charge in [0.2, 0.25) is 0 Å². The van der Waals surface area contributed by atoms with Crippen LogP contribution in [0.4, 0.5) is 4.79 Å². The Labute approximate surface area is 145 Å². The molecule has 0 spiro atoms. The van der Waals surface area contributed by atoms with Crippen LogP contribution in [0.2, 0.25) is 4.34 Å². The number of thiophene rings is 1. The quantitative estimate of drug-likeness (QED) is 0.762. The van der Waals surface area contributed by atoms with Crippen molar-refractivity contribution in [1.82, 2.24) is 4.90 Å².